The number of phenols is 1. The second-order valence-electron chi connectivity index (χ2n) is 3.14. The lowest BCUT2D eigenvalue weighted by molar-refractivity contribution is 0.112. The summed E-state index contributed by atoms with van der Waals surface area (Å²) in [5.74, 6) is 0.507. The van der Waals surface area contributed by atoms with Crippen molar-refractivity contribution in [2.24, 2.45) is 0 Å². The smallest absolute Gasteiger partial charge is 0.191 e. The largest absolute Gasteiger partial charge is 0.507 e. The van der Waals surface area contributed by atoms with E-state index in [2.05, 4.69) is 4.98 Å². The first-order valence-electron chi connectivity index (χ1n) is 4.41. The van der Waals surface area contributed by atoms with Crippen LogP contribution >= 0.6 is 0 Å². The van der Waals surface area contributed by atoms with Crippen molar-refractivity contribution in [1.29, 1.82) is 0 Å². The number of nitrogens with zero attached hydrogens (tertiary/aromatic N) is 1. The van der Waals surface area contributed by atoms with Gasteiger partial charge in [-0.25, -0.2) is 4.98 Å². The molecule has 2 rings (SSSR count). The SMILES string of the molecule is Cc1nc(-c2ccc(C=O)c(O)c2)co1. The van der Waals surface area contributed by atoms with E-state index in [4.69, 9.17) is 4.42 Å². The second kappa shape index (κ2) is 3.57. The number of aromatic nitrogens is 1. The minimum atomic E-state index is -0.0526. The highest BCUT2D eigenvalue weighted by molar-refractivity contribution is 5.81. The first kappa shape index (κ1) is 9.45. The number of carbonyl (C=O) groups is 1. The Bertz CT molecular complexity index is 502. The van der Waals surface area contributed by atoms with Crippen molar-refractivity contribution in [3.8, 4) is 17.0 Å². The number of phenolic OH excluding ortho intramolecular Hbond substituents is 1. The fraction of sp³-hybridized carbons (Fsp3) is 0.0909. The molecule has 15 heavy (non-hydrogen) atoms. The predicted octanol–water partition coefficient (Wildman–Crippen LogP) is 2.17. The Kier molecular flexibility index (Phi) is 2.25. The van der Waals surface area contributed by atoms with E-state index in [0.717, 1.165) is 5.56 Å². The second-order valence-corrected chi connectivity index (χ2v) is 3.14. The van der Waals surface area contributed by atoms with Crippen LogP contribution in [0, 0.1) is 6.92 Å². The predicted molar refractivity (Wildman–Crippen MR) is 53.7 cm³/mol. The molecular weight excluding hydrogens is 194 g/mol. The Morgan fingerprint density at radius 2 is 2.27 bits per heavy atom. The van der Waals surface area contributed by atoms with Crippen molar-refractivity contribution in [3.63, 3.8) is 0 Å². The van der Waals surface area contributed by atoms with E-state index >= 15 is 0 Å². The lowest BCUT2D eigenvalue weighted by Gasteiger charge is -1.99. The van der Waals surface area contributed by atoms with Crippen molar-refractivity contribution < 1.29 is 14.3 Å². The molecule has 0 saturated heterocycles. The first-order valence-corrected chi connectivity index (χ1v) is 4.41. The number of benzene rings is 1. The molecule has 0 unspecified atom stereocenters. The highest BCUT2D eigenvalue weighted by Crippen LogP contribution is 2.24. The number of carbonyl (C=O) groups excluding carboxylic acids is 1. The third-order valence-electron chi connectivity index (χ3n) is 2.07. The fourth-order valence-electron chi connectivity index (χ4n) is 1.30. The van der Waals surface area contributed by atoms with Crippen LogP contribution in [-0.2, 0) is 0 Å². The van der Waals surface area contributed by atoms with E-state index in [0.29, 0.717) is 17.9 Å². The van der Waals surface area contributed by atoms with Gasteiger partial charge < -0.3 is 9.52 Å². The summed E-state index contributed by atoms with van der Waals surface area (Å²) in [7, 11) is 0. The van der Waals surface area contributed by atoms with Gasteiger partial charge in [-0.15, -0.1) is 0 Å². The molecule has 0 aliphatic heterocycles. The number of hydrogen-bond acceptors (Lipinski definition) is 4. The molecule has 0 atom stereocenters. The van der Waals surface area contributed by atoms with Gasteiger partial charge in [-0.3, -0.25) is 4.79 Å². The number of aryl methyl sites for hydroxylation is 1. The van der Waals surface area contributed by atoms with E-state index in [1.807, 2.05) is 0 Å². The fourth-order valence-corrected chi connectivity index (χ4v) is 1.30. The lowest BCUT2D eigenvalue weighted by Crippen LogP contribution is -1.83. The van der Waals surface area contributed by atoms with E-state index in [1.165, 1.54) is 12.3 Å². The molecule has 76 valence electrons. The third-order valence-corrected chi connectivity index (χ3v) is 2.07. The van der Waals surface area contributed by atoms with Gasteiger partial charge in [0.2, 0.25) is 0 Å². The molecule has 1 heterocycles. The zero-order valence-electron chi connectivity index (χ0n) is 8.10. The van der Waals surface area contributed by atoms with Gasteiger partial charge in [0.1, 0.15) is 17.7 Å². The van der Waals surface area contributed by atoms with Gasteiger partial charge in [0.05, 0.1) is 5.56 Å². The molecule has 0 fully saturated rings. The molecule has 0 saturated carbocycles. The third kappa shape index (κ3) is 1.74. The lowest BCUT2D eigenvalue weighted by atomic mass is 10.1. The Morgan fingerprint density at radius 3 is 2.80 bits per heavy atom. The van der Waals surface area contributed by atoms with Crippen molar-refractivity contribution in [2.45, 2.75) is 6.92 Å². The van der Waals surface area contributed by atoms with Crippen LogP contribution in [0.25, 0.3) is 11.3 Å². The zero-order chi connectivity index (χ0) is 10.8. The molecule has 2 aromatic rings. The number of oxazole rings is 1. The summed E-state index contributed by atoms with van der Waals surface area (Å²) in [6.07, 6.45) is 2.11. The Labute approximate surface area is 86.2 Å². The van der Waals surface area contributed by atoms with Crippen molar-refractivity contribution in [3.05, 3.63) is 35.9 Å². The Morgan fingerprint density at radius 1 is 1.47 bits per heavy atom. The summed E-state index contributed by atoms with van der Waals surface area (Å²) in [5, 5.41) is 9.47. The minimum absolute atomic E-state index is 0.0526. The zero-order valence-corrected chi connectivity index (χ0v) is 8.10. The number of hydrogen-bond donors (Lipinski definition) is 1. The van der Waals surface area contributed by atoms with Gasteiger partial charge in [0, 0.05) is 12.5 Å². The van der Waals surface area contributed by atoms with Gasteiger partial charge in [-0.2, -0.15) is 0 Å². The number of aldehydes is 1. The average Bonchev–Trinajstić information content (AvgIpc) is 2.65. The highest BCUT2D eigenvalue weighted by atomic mass is 16.3. The summed E-state index contributed by atoms with van der Waals surface area (Å²) in [6, 6.07) is 4.74. The van der Waals surface area contributed by atoms with Gasteiger partial charge in [0.15, 0.2) is 12.2 Å². The molecule has 4 nitrogen and oxygen atoms in total. The van der Waals surface area contributed by atoms with Crippen LogP contribution in [0.15, 0.2) is 28.9 Å². The molecule has 0 spiro atoms. The first-order chi connectivity index (χ1) is 7.20. The summed E-state index contributed by atoms with van der Waals surface area (Å²) < 4.78 is 5.05. The van der Waals surface area contributed by atoms with Gasteiger partial charge in [-0.05, 0) is 12.1 Å². The molecular formula is C11H9NO3. The average molecular weight is 203 g/mol. The quantitative estimate of drug-likeness (QED) is 0.759. The summed E-state index contributed by atoms with van der Waals surface area (Å²) >= 11 is 0. The minimum Gasteiger partial charge on any atom is -0.507 e. The molecule has 0 bridgehead atoms. The molecule has 1 N–H and O–H groups in total. The van der Waals surface area contributed by atoms with Crippen LogP contribution in [0.3, 0.4) is 0 Å². The van der Waals surface area contributed by atoms with Crippen molar-refractivity contribution >= 4 is 6.29 Å². The Hall–Kier alpha value is -2.10. The van der Waals surface area contributed by atoms with E-state index in [-0.39, 0.29) is 11.3 Å². The van der Waals surface area contributed by atoms with Gasteiger partial charge >= 0.3 is 0 Å². The standard InChI is InChI=1S/C11H9NO3/c1-7-12-10(6-15-7)8-2-3-9(5-13)11(14)4-8/h2-6,14H,1H3. The molecule has 1 aromatic carbocycles. The van der Waals surface area contributed by atoms with E-state index in [1.54, 1.807) is 19.1 Å². The molecule has 4 heteroatoms. The van der Waals surface area contributed by atoms with Gasteiger partial charge in [0.25, 0.3) is 0 Å². The number of aromatic hydroxyl groups is 1. The van der Waals surface area contributed by atoms with Gasteiger partial charge in [-0.1, -0.05) is 6.07 Å². The van der Waals surface area contributed by atoms with Crippen molar-refractivity contribution in [2.75, 3.05) is 0 Å². The molecule has 0 amide bonds. The van der Waals surface area contributed by atoms with Crippen molar-refractivity contribution in [1.82, 2.24) is 4.98 Å². The molecule has 0 aliphatic rings. The topological polar surface area (TPSA) is 63.3 Å². The number of rotatable bonds is 2. The maximum atomic E-state index is 10.5. The van der Waals surface area contributed by atoms with Crippen LogP contribution in [0.4, 0.5) is 0 Å². The van der Waals surface area contributed by atoms with E-state index < -0.39 is 0 Å². The van der Waals surface area contributed by atoms with Crippen LogP contribution < -0.4 is 0 Å². The summed E-state index contributed by atoms with van der Waals surface area (Å²) in [6.45, 7) is 1.74. The van der Waals surface area contributed by atoms with Crippen LogP contribution in [0.1, 0.15) is 16.2 Å². The molecule has 0 radical (unpaired) electrons. The van der Waals surface area contributed by atoms with Crippen LogP contribution in [-0.4, -0.2) is 16.4 Å². The summed E-state index contributed by atoms with van der Waals surface area (Å²) in [4.78, 5) is 14.6. The molecule has 0 aliphatic carbocycles. The van der Waals surface area contributed by atoms with Crippen LogP contribution in [0.2, 0.25) is 0 Å². The summed E-state index contributed by atoms with van der Waals surface area (Å²) in [5.41, 5.74) is 1.62. The maximum Gasteiger partial charge on any atom is 0.191 e. The normalized spacial score (nSPS) is 10.2. The Balaban J connectivity index is 2.46. The monoisotopic (exact) mass is 203 g/mol. The van der Waals surface area contributed by atoms with Crippen LogP contribution in [0.5, 0.6) is 5.75 Å². The highest BCUT2D eigenvalue weighted by Gasteiger charge is 2.06. The van der Waals surface area contributed by atoms with E-state index in [9.17, 15) is 9.90 Å². The maximum absolute atomic E-state index is 10.5. The molecule has 1 aromatic heterocycles.